The first-order valence-electron chi connectivity index (χ1n) is 5.47. The first-order chi connectivity index (χ1) is 6.03. The molecule has 1 aliphatic heterocycles. The lowest BCUT2D eigenvalue weighted by Gasteiger charge is -2.33. The van der Waals surface area contributed by atoms with Crippen molar-refractivity contribution in [3.63, 3.8) is 0 Å². The van der Waals surface area contributed by atoms with Gasteiger partial charge in [-0.15, -0.1) is 0 Å². The summed E-state index contributed by atoms with van der Waals surface area (Å²) in [5, 5.41) is 3.43. The van der Waals surface area contributed by atoms with Gasteiger partial charge in [-0.2, -0.15) is 0 Å². The quantitative estimate of drug-likeness (QED) is 0.718. The fourth-order valence-electron chi connectivity index (χ4n) is 2.06. The standard InChI is InChI=1S/C11H24N2/c1-5-13(9-11(2,3)4)10-6-7-12-8-10/h10,12H,5-9H2,1-4H3. The minimum absolute atomic E-state index is 0.429. The molecule has 1 unspecified atom stereocenters. The van der Waals surface area contributed by atoms with Crippen LogP contribution in [0.15, 0.2) is 0 Å². The predicted molar refractivity (Wildman–Crippen MR) is 58.0 cm³/mol. The highest BCUT2D eigenvalue weighted by Crippen LogP contribution is 2.18. The van der Waals surface area contributed by atoms with Crippen LogP contribution in [0.1, 0.15) is 34.1 Å². The zero-order chi connectivity index (χ0) is 9.90. The van der Waals surface area contributed by atoms with Crippen LogP contribution in [-0.2, 0) is 0 Å². The lowest BCUT2D eigenvalue weighted by Crippen LogP contribution is -2.41. The van der Waals surface area contributed by atoms with Crippen LogP contribution in [0.25, 0.3) is 0 Å². The molecule has 0 amide bonds. The lowest BCUT2D eigenvalue weighted by atomic mass is 9.95. The molecule has 0 saturated carbocycles. The molecule has 13 heavy (non-hydrogen) atoms. The number of rotatable bonds is 3. The summed E-state index contributed by atoms with van der Waals surface area (Å²) >= 11 is 0. The van der Waals surface area contributed by atoms with Crippen LogP contribution < -0.4 is 5.32 Å². The van der Waals surface area contributed by atoms with E-state index in [-0.39, 0.29) is 0 Å². The Balaban J connectivity index is 2.42. The summed E-state index contributed by atoms with van der Waals surface area (Å²) in [6, 6.07) is 0.782. The molecule has 1 heterocycles. The maximum Gasteiger partial charge on any atom is 0.0232 e. The summed E-state index contributed by atoms with van der Waals surface area (Å²) in [5.74, 6) is 0. The summed E-state index contributed by atoms with van der Waals surface area (Å²) in [4.78, 5) is 2.61. The van der Waals surface area contributed by atoms with Crippen molar-refractivity contribution in [3.8, 4) is 0 Å². The molecule has 0 radical (unpaired) electrons. The molecule has 0 aromatic carbocycles. The van der Waals surface area contributed by atoms with Crippen molar-refractivity contribution >= 4 is 0 Å². The van der Waals surface area contributed by atoms with Crippen molar-refractivity contribution in [2.45, 2.75) is 40.2 Å². The van der Waals surface area contributed by atoms with Crippen LogP contribution >= 0.6 is 0 Å². The van der Waals surface area contributed by atoms with Gasteiger partial charge >= 0.3 is 0 Å². The molecule has 0 spiro atoms. The summed E-state index contributed by atoms with van der Waals surface area (Å²) < 4.78 is 0. The smallest absolute Gasteiger partial charge is 0.0232 e. The summed E-state index contributed by atoms with van der Waals surface area (Å²) in [6.45, 7) is 14.0. The van der Waals surface area contributed by atoms with Gasteiger partial charge in [-0.1, -0.05) is 27.7 Å². The minimum Gasteiger partial charge on any atom is -0.315 e. The molecule has 1 fully saturated rings. The summed E-state index contributed by atoms with van der Waals surface area (Å²) in [5.41, 5.74) is 0.429. The highest BCUT2D eigenvalue weighted by atomic mass is 15.2. The van der Waals surface area contributed by atoms with Crippen LogP contribution in [0.3, 0.4) is 0 Å². The molecule has 0 bridgehead atoms. The molecule has 0 aromatic heterocycles. The molecule has 0 aromatic rings. The van der Waals surface area contributed by atoms with Crippen molar-refractivity contribution in [1.29, 1.82) is 0 Å². The third kappa shape index (κ3) is 3.65. The molecular formula is C11H24N2. The number of hydrogen-bond acceptors (Lipinski definition) is 2. The molecular weight excluding hydrogens is 160 g/mol. The number of nitrogens with zero attached hydrogens (tertiary/aromatic N) is 1. The van der Waals surface area contributed by atoms with E-state index in [2.05, 4.69) is 37.9 Å². The van der Waals surface area contributed by atoms with Gasteiger partial charge < -0.3 is 5.32 Å². The highest BCUT2D eigenvalue weighted by molar-refractivity contribution is 4.82. The van der Waals surface area contributed by atoms with E-state index in [0.717, 1.165) is 6.04 Å². The molecule has 78 valence electrons. The van der Waals surface area contributed by atoms with Gasteiger partial charge in [0.15, 0.2) is 0 Å². The van der Waals surface area contributed by atoms with E-state index in [1.165, 1.54) is 32.6 Å². The van der Waals surface area contributed by atoms with Crippen molar-refractivity contribution in [2.24, 2.45) is 5.41 Å². The van der Waals surface area contributed by atoms with E-state index >= 15 is 0 Å². The van der Waals surface area contributed by atoms with E-state index in [9.17, 15) is 0 Å². The molecule has 1 saturated heterocycles. The zero-order valence-electron chi connectivity index (χ0n) is 9.56. The number of hydrogen-bond donors (Lipinski definition) is 1. The van der Waals surface area contributed by atoms with Crippen molar-refractivity contribution < 1.29 is 0 Å². The SMILES string of the molecule is CCN(CC(C)(C)C)C1CCNC1. The Morgan fingerprint density at radius 1 is 1.38 bits per heavy atom. The molecule has 1 atom stereocenters. The van der Waals surface area contributed by atoms with Crippen LogP contribution in [0, 0.1) is 5.41 Å². The minimum atomic E-state index is 0.429. The predicted octanol–water partition coefficient (Wildman–Crippen LogP) is 1.72. The van der Waals surface area contributed by atoms with E-state index in [1.807, 2.05) is 0 Å². The third-order valence-corrected chi connectivity index (χ3v) is 2.63. The zero-order valence-corrected chi connectivity index (χ0v) is 9.56. The normalized spacial score (nSPS) is 24.2. The van der Waals surface area contributed by atoms with Crippen LogP contribution in [-0.4, -0.2) is 37.1 Å². The van der Waals surface area contributed by atoms with E-state index in [0.29, 0.717) is 5.41 Å². The Morgan fingerprint density at radius 3 is 2.46 bits per heavy atom. The maximum absolute atomic E-state index is 3.43. The lowest BCUT2D eigenvalue weighted by molar-refractivity contribution is 0.153. The van der Waals surface area contributed by atoms with Gasteiger partial charge in [0.1, 0.15) is 0 Å². The highest BCUT2D eigenvalue weighted by Gasteiger charge is 2.24. The van der Waals surface area contributed by atoms with Gasteiger partial charge in [-0.25, -0.2) is 0 Å². The second-order valence-corrected chi connectivity index (χ2v) is 5.27. The van der Waals surface area contributed by atoms with Crippen LogP contribution in [0.5, 0.6) is 0 Å². The van der Waals surface area contributed by atoms with Crippen molar-refractivity contribution in [2.75, 3.05) is 26.2 Å². The van der Waals surface area contributed by atoms with Crippen molar-refractivity contribution in [1.82, 2.24) is 10.2 Å². The third-order valence-electron chi connectivity index (χ3n) is 2.63. The van der Waals surface area contributed by atoms with Gasteiger partial charge in [0.25, 0.3) is 0 Å². The topological polar surface area (TPSA) is 15.3 Å². The number of likely N-dealkylation sites (N-methyl/N-ethyl adjacent to an activating group) is 1. The van der Waals surface area contributed by atoms with Crippen molar-refractivity contribution in [3.05, 3.63) is 0 Å². The second-order valence-electron chi connectivity index (χ2n) is 5.27. The van der Waals surface area contributed by atoms with Crippen LogP contribution in [0.2, 0.25) is 0 Å². The molecule has 1 rings (SSSR count). The summed E-state index contributed by atoms with van der Waals surface area (Å²) in [6.07, 6.45) is 1.32. The van der Waals surface area contributed by atoms with Gasteiger partial charge in [0.05, 0.1) is 0 Å². The van der Waals surface area contributed by atoms with E-state index in [1.54, 1.807) is 0 Å². The van der Waals surface area contributed by atoms with Gasteiger partial charge in [0, 0.05) is 19.1 Å². The molecule has 1 N–H and O–H groups in total. The summed E-state index contributed by atoms with van der Waals surface area (Å²) in [7, 11) is 0. The fourth-order valence-corrected chi connectivity index (χ4v) is 2.06. The average Bonchev–Trinajstić information content (AvgIpc) is 2.50. The second kappa shape index (κ2) is 4.43. The Bertz CT molecular complexity index is 143. The Morgan fingerprint density at radius 2 is 2.08 bits per heavy atom. The van der Waals surface area contributed by atoms with Gasteiger partial charge in [-0.05, 0) is 24.9 Å². The molecule has 0 aliphatic carbocycles. The average molecular weight is 184 g/mol. The Kier molecular flexibility index (Phi) is 3.74. The first-order valence-corrected chi connectivity index (χ1v) is 5.47. The van der Waals surface area contributed by atoms with Gasteiger partial charge in [-0.3, -0.25) is 4.90 Å². The van der Waals surface area contributed by atoms with Gasteiger partial charge in [0.2, 0.25) is 0 Å². The number of nitrogens with one attached hydrogen (secondary N) is 1. The van der Waals surface area contributed by atoms with E-state index < -0.39 is 0 Å². The molecule has 2 nitrogen and oxygen atoms in total. The maximum atomic E-state index is 3.43. The molecule has 1 aliphatic rings. The van der Waals surface area contributed by atoms with E-state index in [4.69, 9.17) is 0 Å². The fraction of sp³-hybridized carbons (Fsp3) is 1.00. The first kappa shape index (κ1) is 11.0. The Labute approximate surface area is 82.7 Å². The molecule has 2 heteroatoms. The largest absolute Gasteiger partial charge is 0.315 e. The monoisotopic (exact) mass is 184 g/mol. The Hall–Kier alpha value is -0.0800. The van der Waals surface area contributed by atoms with Crippen LogP contribution in [0.4, 0.5) is 0 Å².